The summed E-state index contributed by atoms with van der Waals surface area (Å²) in [6.07, 6.45) is -0.308. The number of hydrogen-bond donors (Lipinski definition) is 5. The Labute approximate surface area is 502 Å². The molecule has 3 fully saturated rings. The molecule has 3 aromatic carbocycles. The minimum Gasteiger partial charge on any atom is -0.459 e. The molecule has 3 aromatic rings. The van der Waals surface area contributed by atoms with Gasteiger partial charge < -0.3 is 63.8 Å². The number of aliphatic hydroxyl groups excluding tert-OH is 3. The Hall–Kier alpha value is -3.12. The first-order chi connectivity index (χ1) is 39.2. The Kier molecular flexibility index (Phi) is 25.5. The molecule has 0 aromatic heterocycles. The van der Waals surface area contributed by atoms with Crippen LogP contribution in [0.5, 0.6) is 0 Å². The molecule has 0 bridgehead atoms. The summed E-state index contributed by atoms with van der Waals surface area (Å²) < 4.78 is 38.2. The minimum atomic E-state index is -2.29. The van der Waals surface area contributed by atoms with E-state index in [-0.39, 0.29) is 50.3 Å². The topological polar surface area (TPSA) is 197 Å². The second-order valence-corrected chi connectivity index (χ2v) is 29.8. The number of carbonyl (C=O) groups is 2. The zero-order valence-corrected chi connectivity index (χ0v) is 53.7. The maximum Gasteiger partial charge on any atom is 0.311 e. The summed E-state index contributed by atoms with van der Waals surface area (Å²) in [6, 6.07) is 28.4. The molecule has 3 aliphatic rings. The molecule has 0 saturated carbocycles. The quantitative estimate of drug-likeness (QED) is 0.0385. The van der Waals surface area contributed by atoms with Crippen LogP contribution in [-0.2, 0) is 44.4 Å². The van der Waals surface area contributed by atoms with Crippen LogP contribution in [0.25, 0.3) is 0 Å². The summed E-state index contributed by atoms with van der Waals surface area (Å²) in [4.78, 5) is 32.8. The molecule has 3 saturated heterocycles. The first-order valence-corrected chi connectivity index (χ1v) is 33.5. The molecule has 15 nitrogen and oxygen atoms in total. The van der Waals surface area contributed by atoms with E-state index >= 15 is 0 Å². The number of methoxy groups -OCH3 is 1. The second kappa shape index (κ2) is 30.7. The van der Waals surface area contributed by atoms with Crippen molar-refractivity contribution in [1.82, 2.24) is 9.80 Å². The Morgan fingerprint density at radius 1 is 0.759 bits per heavy atom. The van der Waals surface area contributed by atoms with Gasteiger partial charge in [-0.05, 0) is 149 Å². The van der Waals surface area contributed by atoms with E-state index in [0.29, 0.717) is 12.8 Å². The van der Waals surface area contributed by atoms with Crippen molar-refractivity contribution in [2.24, 2.45) is 17.8 Å². The van der Waals surface area contributed by atoms with E-state index in [1.54, 1.807) is 53.4 Å². The van der Waals surface area contributed by atoms with Gasteiger partial charge in [0, 0.05) is 38.5 Å². The molecule has 0 radical (unpaired) electrons. The van der Waals surface area contributed by atoms with Crippen molar-refractivity contribution in [3.8, 4) is 0 Å². The number of ether oxygens (including phenoxy) is 6. The number of rotatable bonds is 21. The Balaban J connectivity index is 1.12. The second-order valence-electron chi connectivity index (χ2n) is 25.5. The maximum absolute atomic E-state index is 14.7. The number of hydrogen-bond acceptors (Lipinski definition) is 14. The van der Waals surface area contributed by atoms with Crippen molar-refractivity contribution in [3.63, 3.8) is 0 Å². The number of aliphatic hydroxyl groups is 5. The number of nitrogens with zero attached hydrogens (tertiary/aromatic N) is 2. The third-order valence-electron chi connectivity index (χ3n) is 18.4. The number of likely N-dealkylation sites (N-methyl/N-ethyl adjacent to an activating group) is 1. The molecular weight excluding hydrogens is 1100 g/mol. The van der Waals surface area contributed by atoms with Crippen LogP contribution in [0.2, 0.25) is 0 Å². The van der Waals surface area contributed by atoms with E-state index in [4.69, 9.17) is 39.7 Å². The first kappa shape index (κ1) is 69.0. The fourth-order valence-electron chi connectivity index (χ4n) is 13.2. The van der Waals surface area contributed by atoms with Crippen LogP contribution < -0.4 is 15.9 Å². The van der Waals surface area contributed by atoms with E-state index < -0.39 is 108 Å². The lowest BCUT2D eigenvalue weighted by atomic mass is 9.77. The molecule has 466 valence electrons. The Morgan fingerprint density at radius 3 is 1.87 bits per heavy atom. The van der Waals surface area contributed by atoms with Gasteiger partial charge in [0.25, 0.3) is 0 Å². The number of halogens is 1. The van der Waals surface area contributed by atoms with E-state index in [1.807, 2.05) is 45.0 Å². The van der Waals surface area contributed by atoms with Gasteiger partial charge in [-0.15, -0.1) is 0 Å². The highest BCUT2D eigenvalue weighted by Gasteiger charge is 2.53. The molecular formula is C66H103ClN2O13P+. The molecule has 0 unspecified atom stereocenters. The van der Waals surface area contributed by atoms with Gasteiger partial charge in [0.2, 0.25) is 12.5 Å². The van der Waals surface area contributed by atoms with Gasteiger partial charge in [-0.25, -0.2) is 0 Å². The molecule has 3 aliphatic heterocycles. The summed E-state index contributed by atoms with van der Waals surface area (Å²) in [5, 5.41) is 63.9. The van der Waals surface area contributed by atoms with E-state index in [9.17, 15) is 35.1 Å². The third kappa shape index (κ3) is 17.1. The lowest BCUT2D eigenvalue weighted by Crippen LogP contribution is -2.60. The average molecular weight is 1200 g/mol. The number of unbranched alkanes of at least 4 members (excludes halogenated alkanes) is 7. The summed E-state index contributed by atoms with van der Waals surface area (Å²) >= 11 is 7.63. The van der Waals surface area contributed by atoms with Crippen molar-refractivity contribution in [2.45, 2.75) is 249 Å². The molecule has 18 atom stereocenters. The van der Waals surface area contributed by atoms with Gasteiger partial charge in [-0.1, -0.05) is 108 Å². The van der Waals surface area contributed by atoms with Gasteiger partial charge in [-0.2, -0.15) is 0 Å². The van der Waals surface area contributed by atoms with E-state index in [0.717, 1.165) is 67.3 Å². The van der Waals surface area contributed by atoms with Crippen molar-refractivity contribution < 1.29 is 63.5 Å². The van der Waals surface area contributed by atoms with Crippen LogP contribution in [0.15, 0.2) is 84.9 Å². The summed E-state index contributed by atoms with van der Waals surface area (Å²) in [6.45, 7) is 15.1. The monoisotopic (exact) mass is 1200 g/mol. The van der Waals surface area contributed by atoms with Crippen LogP contribution in [0.3, 0.4) is 0 Å². The Bertz CT molecular complexity index is 2400. The number of aryl methyl sites for hydroxylation is 1. The fraction of sp³-hybridized carbons (Fsp3) is 0.697. The zero-order valence-electron chi connectivity index (χ0n) is 52.1. The third-order valence-corrected chi connectivity index (χ3v) is 23.1. The van der Waals surface area contributed by atoms with Crippen LogP contribution in [0, 0.1) is 17.8 Å². The number of amides is 1. The van der Waals surface area contributed by atoms with Crippen LogP contribution >= 0.6 is 17.9 Å². The summed E-state index contributed by atoms with van der Waals surface area (Å²) in [7, 11) is 5.26. The minimum absolute atomic E-state index is 0.0695. The largest absolute Gasteiger partial charge is 0.459 e. The SMILES string of the molecule is CC[C@H]1OC(=O)[C@H](C)[C@@H](O[C@H]2C[C@@](C)(OC)[C@@H](O)[C@H](C)O2)[C@H](C)[C@@H](O[C@@H]2O[C@H](C)C[C@H](N(C)C)[C@H]2O)[C@](C)(O)C[C@@H](C)CN(C(=O)CCCCCCCCCCc2ccc([P+](Cl)(c3ccccc3)c3ccccc3)cc2)[C@H](C)[C@@H](O)[C@]1(C)O. The molecule has 0 spiro atoms. The highest BCUT2D eigenvalue weighted by atomic mass is 35.7. The van der Waals surface area contributed by atoms with Crippen LogP contribution in [-0.4, -0.2) is 165 Å². The number of esters is 1. The molecule has 6 rings (SSSR count). The standard InChI is InChI=1S/C66H103ClN2O13P/c1-14-54-66(10,76)59(72)47(6)69(55(70)34-28-20-18-16-15-17-19-23-29-49-35-37-52(38-36-49)83(67,50-30-24-21-25-31-50)51-32-26-22-27-33-51)42-43(2)40-64(8,75)61(82-63-57(71)53(68(11)12)39-44(3)78-63)45(4)58(46(5)62(74)80-54)81-56-41-65(9,77-13)60(73)48(7)79-56/h21-22,24-27,30-33,35-38,43-48,53-54,56-61,63,71-73,75-76H,14-20,23,28-29,34,39-42H2,1-13H3/q+1/t43-,44-,45+,46-,47-,48+,53+,54-,56+,57-,58+,59-,60+,61-,63+,64-,65-,66-/m1/s1. The Morgan fingerprint density at radius 2 is 1.31 bits per heavy atom. The molecule has 1 amide bonds. The van der Waals surface area contributed by atoms with Crippen molar-refractivity contribution in [1.29, 1.82) is 0 Å². The lowest BCUT2D eigenvalue weighted by Gasteiger charge is -2.48. The molecule has 5 N–H and O–H groups in total. The normalized spacial score (nSPS) is 35.3. The van der Waals surface area contributed by atoms with Gasteiger partial charge >= 0.3 is 5.97 Å². The zero-order chi connectivity index (χ0) is 61.0. The van der Waals surface area contributed by atoms with Crippen molar-refractivity contribution >= 4 is 45.6 Å². The van der Waals surface area contributed by atoms with Gasteiger partial charge in [0.1, 0.15) is 57.2 Å². The van der Waals surface area contributed by atoms with Gasteiger partial charge in [-0.3, -0.25) is 9.59 Å². The average Bonchev–Trinajstić information content (AvgIpc) is 3.24. The van der Waals surface area contributed by atoms with Crippen molar-refractivity contribution in [2.75, 3.05) is 27.7 Å². The molecule has 3 heterocycles. The molecule has 17 heteroatoms. The highest BCUT2D eigenvalue weighted by molar-refractivity contribution is 8.14. The van der Waals surface area contributed by atoms with Gasteiger partial charge in [0.15, 0.2) is 12.6 Å². The number of carbonyl (C=O) groups excluding carboxylic acids is 2. The number of benzene rings is 3. The molecule has 83 heavy (non-hydrogen) atoms. The first-order valence-electron chi connectivity index (χ1n) is 30.8. The predicted octanol–water partition coefficient (Wildman–Crippen LogP) is 9.00. The van der Waals surface area contributed by atoms with Crippen molar-refractivity contribution in [3.05, 3.63) is 90.5 Å². The lowest BCUT2D eigenvalue weighted by molar-refractivity contribution is -0.318. The van der Waals surface area contributed by atoms with Crippen LogP contribution in [0.1, 0.15) is 158 Å². The molecule has 0 aliphatic carbocycles. The predicted molar refractivity (Wildman–Crippen MR) is 330 cm³/mol. The van der Waals surface area contributed by atoms with Crippen LogP contribution in [0.4, 0.5) is 0 Å². The number of cyclic esters (lactones) is 1. The summed E-state index contributed by atoms with van der Waals surface area (Å²) in [5.74, 6) is -3.28. The fourth-order valence-corrected chi connectivity index (χ4v) is 16.9. The summed E-state index contributed by atoms with van der Waals surface area (Å²) in [5.41, 5.74) is -3.49. The highest BCUT2D eigenvalue weighted by Crippen LogP contribution is 2.60. The van der Waals surface area contributed by atoms with E-state index in [2.05, 4.69) is 72.8 Å². The van der Waals surface area contributed by atoms with Gasteiger partial charge in [0.05, 0.1) is 47.6 Å². The van der Waals surface area contributed by atoms with E-state index in [1.165, 1.54) is 19.6 Å². The smallest absolute Gasteiger partial charge is 0.311 e. The maximum atomic E-state index is 14.7.